The van der Waals surface area contributed by atoms with Gasteiger partial charge in [0.1, 0.15) is 0 Å². The summed E-state index contributed by atoms with van der Waals surface area (Å²) < 4.78 is 2.18. The number of fused-ring (bicyclic) bond motifs is 1. The number of rotatable bonds is 2. The smallest absolute Gasteiger partial charge is 0.152 e. The van der Waals surface area contributed by atoms with Crippen LogP contribution in [0.3, 0.4) is 0 Å². The average molecular weight is 214 g/mol. The molecule has 3 heteroatoms. The van der Waals surface area contributed by atoms with Gasteiger partial charge >= 0.3 is 0 Å². The van der Waals surface area contributed by atoms with Gasteiger partial charge in [-0.1, -0.05) is 18.2 Å². The van der Waals surface area contributed by atoms with Crippen LogP contribution in [0.2, 0.25) is 0 Å². The fourth-order valence-corrected chi connectivity index (χ4v) is 2.40. The van der Waals surface area contributed by atoms with E-state index in [1.807, 2.05) is 24.4 Å². The number of carbonyl (C=O) groups excluding carboxylic acids is 1. The Hall–Kier alpha value is -1.61. The molecule has 1 atom stereocenters. The van der Waals surface area contributed by atoms with E-state index in [4.69, 9.17) is 0 Å². The van der Waals surface area contributed by atoms with Crippen molar-refractivity contribution >= 4 is 17.2 Å². The lowest BCUT2D eigenvalue weighted by atomic mass is 10.0. The third-order valence-corrected chi connectivity index (χ3v) is 3.52. The summed E-state index contributed by atoms with van der Waals surface area (Å²) in [6, 6.07) is 8.04. The fraction of sp³-hybridized carbons (Fsp3) is 0.308. The van der Waals surface area contributed by atoms with E-state index in [2.05, 4.69) is 22.9 Å². The lowest BCUT2D eigenvalue weighted by molar-refractivity contribution is 0.112. The van der Waals surface area contributed by atoms with Crippen molar-refractivity contribution in [2.75, 3.05) is 6.54 Å². The molecule has 0 radical (unpaired) electrons. The van der Waals surface area contributed by atoms with Crippen molar-refractivity contribution in [3.05, 3.63) is 36.0 Å². The third kappa shape index (κ3) is 1.15. The van der Waals surface area contributed by atoms with Crippen molar-refractivity contribution in [1.82, 2.24) is 9.88 Å². The van der Waals surface area contributed by atoms with Crippen molar-refractivity contribution in [3.63, 3.8) is 0 Å². The van der Waals surface area contributed by atoms with Crippen molar-refractivity contribution in [3.8, 4) is 0 Å². The standard InChI is InChI=1S/C13H14N2O/c1-13(6-7-14-13)15-8-10(9-16)11-4-2-3-5-12(11)15/h2-5,8-9,14H,6-7H2,1H3/t13-/m1/s1. The molecule has 3 rings (SSSR count). The topological polar surface area (TPSA) is 34.0 Å². The van der Waals surface area contributed by atoms with Crippen molar-refractivity contribution < 1.29 is 4.79 Å². The van der Waals surface area contributed by atoms with Crippen LogP contribution < -0.4 is 5.32 Å². The highest BCUT2D eigenvalue weighted by Crippen LogP contribution is 2.31. The summed E-state index contributed by atoms with van der Waals surface area (Å²) >= 11 is 0. The number of benzene rings is 1. The monoisotopic (exact) mass is 214 g/mol. The lowest BCUT2D eigenvalue weighted by Gasteiger charge is -2.42. The zero-order valence-electron chi connectivity index (χ0n) is 9.23. The molecule has 1 aromatic heterocycles. The van der Waals surface area contributed by atoms with Crippen LogP contribution in [0.25, 0.3) is 10.9 Å². The van der Waals surface area contributed by atoms with Crippen molar-refractivity contribution in [2.24, 2.45) is 0 Å². The molecule has 2 aromatic rings. The summed E-state index contributed by atoms with van der Waals surface area (Å²) in [5, 5.41) is 4.45. The molecule has 0 unspecified atom stereocenters. The lowest BCUT2D eigenvalue weighted by Crippen LogP contribution is -2.55. The van der Waals surface area contributed by atoms with Crippen LogP contribution in [0.1, 0.15) is 23.7 Å². The first-order valence-electron chi connectivity index (χ1n) is 5.55. The largest absolute Gasteiger partial charge is 0.328 e. The zero-order chi connectivity index (χ0) is 11.2. The quantitative estimate of drug-likeness (QED) is 0.777. The summed E-state index contributed by atoms with van der Waals surface area (Å²) in [5.41, 5.74) is 1.87. The van der Waals surface area contributed by atoms with Crippen LogP contribution in [-0.2, 0) is 5.66 Å². The number of nitrogens with zero attached hydrogens (tertiary/aromatic N) is 1. The average Bonchev–Trinajstić information content (AvgIpc) is 2.65. The Balaban J connectivity index is 2.28. The molecule has 0 amide bonds. The predicted molar refractivity (Wildman–Crippen MR) is 63.6 cm³/mol. The molecular weight excluding hydrogens is 200 g/mol. The summed E-state index contributed by atoms with van der Waals surface area (Å²) in [6.07, 6.45) is 3.98. The molecule has 3 nitrogen and oxygen atoms in total. The van der Waals surface area contributed by atoms with E-state index in [9.17, 15) is 4.79 Å². The molecule has 1 fully saturated rings. The predicted octanol–water partition coefficient (Wildman–Crippen LogP) is 2.12. The van der Waals surface area contributed by atoms with Crippen LogP contribution in [0.15, 0.2) is 30.5 Å². The van der Waals surface area contributed by atoms with Gasteiger partial charge in [0.25, 0.3) is 0 Å². The van der Waals surface area contributed by atoms with Gasteiger partial charge in [-0.15, -0.1) is 0 Å². The van der Waals surface area contributed by atoms with E-state index in [0.717, 1.165) is 35.7 Å². The summed E-state index contributed by atoms with van der Waals surface area (Å²) in [4.78, 5) is 11.0. The Labute approximate surface area is 94.1 Å². The zero-order valence-corrected chi connectivity index (χ0v) is 9.23. The molecule has 16 heavy (non-hydrogen) atoms. The number of hydrogen-bond donors (Lipinski definition) is 1. The number of nitrogens with one attached hydrogen (secondary N) is 1. The van der Waals surface area contributed by atoms with E-state index in [0.29, 0.717) is 0 Å². The molecule has 1 aromatic carbocycles. The molecule has 0 saturated carbocycles. The van der Waals surface area contributed by atoms with E-state index in [-0.39, 0.29) is 5.66 Å². The number of carbonyl (C=O) groups is 1. The second-order valence-electron chi connectivity index (χ2n) is 4.54. The van der Waals surface area contributed by atoms with Gasteiger partial charge in [-0.2, -0.15) is 0 Å². The Bertz CT molecular complexity index is 552. The number of hydrogen-bond acceptors (Lipinski definition) is 2. The highest BCUT2D eigenvalue weighted by atomic mass is 16.1. The van der Waals surface area contributed by atoms with Crippen LogP contribution >= 0.6 is 0 Å². The minimum atomic E-state index is -0.0269. The van der Waals surface area contributed by atoms with Crippen LogP contribution in [0, 0.1) is 0 Å². The molecule has 2 heterocycles. The van der Waals surface area contributed by atoms with E-state index < -0.39 is 0 Å². The Kier molecular flexibility index (Phi) is 1.91. The van der Waals surface area contributed by atoms with Crippen LogP contribution in [0.4, 0.5) is 0 Å². The van der Waals surface area contributed by atoms with E-state index >= 15 is 0 Å². The van der Waals surface area contributed by atoms with Gasteiger partial charge in [-0.25, -0.2) is 0 Å². The number of aldehydes is 1. The molecule has 1 saturated heterocycles. The van der Waals surface area contributed by atoms with E-state index in [1.54, 1.807) is 0 Å². The minimum absolute atomic E-state index is 0.0269. The fourth-order valence-electron chi connectivity index (χ4n) is 2.40. The summed E-state index contributed by atoms with van der Waals surface area (Å²) in [6.45, 7) is 3.21. The molecule has 1 N–H and O–H groups in total. The van der Waals surface area contributed by atoms with E-state index in [1.165, 1.54) is 0 Å². The molecule has 1 aliphatic heterocycles. The summed E-state index contributed by atoms with van der Waals surface area (Å²) in [7, 11) is 0. The first kappa shape index (κ1) is 9.60. The van der Waals surface area contributed by atoms with Gasteiger partial charge in [0.15, 0.2) is 6.29 Å². The second kappa shape index (κ2) is 3.19. The maximum atomic E-state index is 11.0. The third-order valence-electron chi connectivity index (χ3n) is 3.52. The Morgan fingerprint density at radius 2 is 2.19 bits per heavy atom. The Morgan fingerprint density at radius 3 is 2.81 bits per heavy atom. The van der Waals surface area contributed by atoms with Gasteiger partial charge in [-0.3, -0.25) is 10.1 Å². The first-order chi connectivity index (χ1) is 7.74. The van der Waals surface area contributed by atoms with Gasteiger partial charge < -0.3 is 4.57 Å². The van der Waals surface area contributed by atoms with Crippen LogP contribution in [-0.4, -0.2) is 17.4 Å². The molecule has 0 bridgehead atoms. The van der Waals surface area contributed by atoms with Crippen molar-refractivity contribution in [1.29, 1.82) is 0 Å². The van der Waals surface area contributed by atoms with Crippen LogP contribution in [0.5, 0.6) is 0 Å². The summed E-state index contributed by atoms with van der Waals surface area (Å²) in [5.74, 6) is 0. The van der Waals surface area contributed by atoms with Gasteiger partial charge in [0.2, 0.25) is 0 Å². The highest BCUT2D eigenvalue weighted by molar-refractivity contribution is 5.97. The minimum Gasteiger partial charge on any atom is -0.328 e. The van der Waals surface area contributed by atoms with Gasteiger partial charge in [-0.05, 0) is 19.4 Å². The molecule has 0 aliphatic carbocycles. The van der Waals surface area contributed by atoms with Gasteiger partial charge in [0.05, 0.1) is 11.2 Å². The first-order valence-corrected chi connectivity index (χ1v) is 5.55. The second-order valence-corrected chi connectivity index (χ2v) is 4.54. The maximum Gasteiger partial charge on any atom is 0.152 e. The van der Waals surface area contributed by atoms with Gasteiger partial charge in [0, 0.05) is 23.7 Å². The molecule has 0 spiro atoms. The number of aromatic nitrogens is 1. The highest BCUT2D eigenvalue weighted by Gasteiger charge is 2.34. The molecule has 1 aliphatic rings. The SMILES string of the molecule is C[C@@]1(n2cc(C=O)c3ccccc32)CCN1. The molecular formula is C13H14N2O. The normalized spacial score (nSPS) is 24.3. The Morgan fingerprint density at radius 1 is 1.44 bits per heavy atom. The number of para-hydroxylation sites is 1. The van der Waals surface area contributed by atoms with Crippen molar-refractivity contribution in [2.45, 2.75) is 19.0 Å². The maximum absolute atomic E-state index is 11.0. The molecule has 82 valence electrons.